The van der Waals surface area contributed by atoms with Gasteiger partial charge in [-0.3, -0.25) is 4.79 Å². The SMILES string of the molecule is CC(=O)CCCCCCCC(=O)c1ccccc1. The Bertz CT molecular complexity index is 368. The molecule has 2 heteroatoms. The Morgan fingerprint density at radius 3 is 2.00 bits per heavy atom. The molecule has 2 nitrogen and oxygen atoms in total. The van der Waals surface area contributed by atoms with Gasteiger partial charge in [-0.1, -0.05) is 49.6 Å². The van der Waals surface area contributed by atoms with E-state index in [1.807, 2.05) is 30.3 Å². The van der Waals surface area contributed by atoms with Gasteiger partial charge in [-0.2, -0.15) is 0 Å². The number of hydrogen-bond donors (Lipinski definition) is 0. The van der Waals surface area contributed by atoms with E-state index in [1.54, 1.807) is 6.92 Å². The molecule has 0 spiro atoms. The van der Waals surface area contributed by atoms with E-state index >= 15 is 0 Å². The fourth-order valence-electron chi connectivity index (χ4n) is 1.96. The number of Topliss-reactive ketones (excluding diaryl/α,β-unsaturated/α-hetero) is 2. The van der Waals surface area contributed by atoms with Crippen molar-refractivity contribution < 1.29 is 9.59 Å². The molecule has 1 aromatic carbocycles. The highest BCUT2D eigenvalue weighted by molar-refractivity contribution is 5.95. The Hall–Kier alpha value is -1.44. The van der Waals surface area contributed by atoms with Gasteiger partial charge in [0, 0.05) is 18.4 Å². The number of unbranched alkanes of at least 4 members (excludes halogenated alkanes) is 4. The van der Waals surface area contributed by atoms with Gasteiger partial charge in [-0.25, -0.2) is 0 Å². The molecule has 0 aliphatic heterocycles. The van der Waals surface area contributed by atoms with Crippen LogP contribution in [0.5, 0.6) is 0 Å². The van der Waals surface area contributed by atoms with Gasteiger partial charge >= 0.3 is 0 Å². The molecule has 0 amide bonds. The largest absolute Gasteiger partial charge is 0.300 e. The van der Waals surface area contributed by atoms with E-state index in [1.165, 1.54) is 0 Å². The highest BCUT2D eigenvalue weighted by atomic mass is 16.1. The van der Waals surface area contributed by atoms with Gasteiger partial charge in [0.2, 0.25) is 0 Å². The van der Waals surface area contributed by atoms with Crippen molar-refractivity contribution in [3.05, 3.63) is 35.9 Å². The summed E-state index contributed by atoms with van der Waals surface area (Å²) in [6.45, 7) is 1.64. The second-order valence-electron chi connectivity index (χ2n) is 4.76. The zero-order valence-corrected chi connectivity index (χ0v) is 11.2. The quantitative estimate of drug-likeness (QED) is 0.483. The summed E-state index contributed by atoms with van der Waals surface area (Å²) in [5.74, 6) is 0.508. The predicted octanol–water partition coefficient (Wildman–Crippen LogP) is 4.19. The third-order valence-corrected chi connectivity index (χ3v) is 3.03. The molecule has 0 radical (unpaired) electrons. The molecule has 0 saturated heterocycles. The summed E-state index contributed by atoms with van der Waals surface area (Å²) in [5.41, 5.74) is 0.814. The normalized spacial score (nSPS) is 10.3. The minimum Gasteiger partial charge on any atom is -0.300 e. The smallest absolute Gasteiger partial charge is 0.162 e. The average molecular weight is 246 g/mol. The summed E-state index contributed by atoms with van der Waals surface area (Å²) < 4.78 is 0. The van der Waals surface area contributed by atoms with E-state index in [9.17, 15) is 9.59 Å². The fourth-order valence-corrected chi connectivity index (χ4v) is 1.96. The van der Waals surface area contributed by atoms with E-state index in [4.69, 9.17) is 0 Å². The van der Waals surface area contributed by atoms with Crippen LogP contribution >= 0.6 is 0 Å². The first kappa shape index (κ1) is 14.6. The van der Waals surface area contributed by atoms with Crippen molar-refractivity contribution in [2.75, 3.05) is 0 Å². The third-order valence-electron chi connectivity index (χ3n) is 3.03. The van der Waals surface area contributed by atoms with Crippen LogP contribution in [0.25, 0.3) is 0 Å². The third kappa shape index (κ3) is 6.33. The van der Waals surface area contributed by atoms with E-state index < -0.39 is 0 Å². The molecular weight excluding hydrogens is 224 g/mol. The molecular formula is C16H22O2. The minimum atomic E-state index is 0.235. The van der Waals surface area contributed by atoms with Gasteiger partial charge in [-0.15, -0.1) is 0 Å². The summed E-state index contributed by atoms with van der Waals surface area (Å²) in [6, 6.07) is 9.46. The lowest BCUT2D eigenvalue weighted by Gasteiger charge is -2.01. The van der Waals surface area contributed by atoms with Crippen LogP contribution in [0.4, 0.5) is 0 Å². The topological polar surface area (TPSA) is 34.1 Å². The van der Waals surface area contributed by atoms with Crippen molar-refractivity contribution in [2.24, 2.45) is 0 Å². The number of hydrogen-bond acceptors (Lipinski definition) is 2. The molecule has 1 rings (SSSR count). The molecule has 0 aliphatic rings. The van der Waals surface area contributed by atoms with Crippen molar-refractivity contribution in [2.45, 2.75) is 51.9 Å². The lowest BCUT2D eigenvalue weighted by Crippen LogP contribution is -1.98. The molecule has 0 aliphatic carbocycles. The first-order valence-corrected chi connectivity index (χ1v) is 6.78. The Balaban J connectivity index is 2.05. The molecule has 0 saturated carbocycles. The van der Waals surface area contributed by atoms with Gasteiger partial charge in [0.15, 0.2) is 5.78 Å². The summed E-state index contributed by atoms with van der Waals surface area (Å²) in [6.07, 6.45) is 6.57. The zero-order chi connectivity index (χ0) is 13.2. The van der Waals surface area contributed by atoms with E-state index in [2.05, 4.69) is 0 Å². The van der Waals surface area contributed by atoms with Gasteiger partial charge in [0.25, 0.3) is 0 Å². The monoisotopic (exact) mass is 246 g/mol. The maximum atomic E-state index is 11.8. The standard InChI is InChI=1S/C16H22O2/c1-14(17)10-6-3-2-4-9-13-16(18)15-11-7-5-8-12-15/h5,7-8,11-12H,2-4,6,9-10,13H2,1H3. The van der Waals surface area contributed by atoms with Crippen LogP contribution in [0.2, 0.25) is 0 Å². The molecule has 0 N–H and O–H groups in total. The predicted molar refractivity (Wildman–Crippen MR) is 73.8 cm³/mol. The summed E-state index contributed by atoms with van der Waals surface area (Å²) in [5, 5.41) is 0. The second-order valence-corrected chi connectivity index (χ2v) is 4.76. The molecule has 18 heavy (non-hydrogen) atoms. The number of carbonyl (C=O) groups is 2. The number of carbonyl (C=O) groups excluding carboxylic acids is 2. The Labute approximate surface area is 109 Å². The lowest BCUT2D eigenvalue weighted by atomic mass is 10.0. The van der Waals surface area contributed by atoms with Gasteiger partial charge in [0.1, 0.15) is 5.78 Å². The summed E-state index contributed by atoms with van der Waals surface area (Å²) >= 11 is 0. The maximum absolute atomic E-state index is 11.8. The van der Waals surface area contributed by atoms with Crippen LogP contribution in [0.3, 0.4) is 0 Å². The lowest BCUT2D eigenvalue weighted by molar-refractivity contribution is -0.117. The van der Waals surface area contributed by atoms with Crippen molar-refractivity contribution in [3.63, 3.8) is 0 Å². The number of ketones is 2. The fraction of sp³-hybridized carbons (Fsp3) is 0.500. The van der Waals surface area contributed by atoms with Crippen LogP contribution in [-0.2, 0) is 4.79 Å². The van der Waals surface area contributed by atoms with Gasteiger partial charge in [0.05, 0.1) is 0 Å². The van der Waals surface area contributed by atoms with Crippen molar-refractivity contribution >= 4 is 11.6 Å². The van der Waals surface area contributed by atoms with E-state index in [-0.39, 0.29) is 11.6 Å². The molecule has 0 heterocycles. The first-order valence-electron chi connectivity index (χ1n) is 6.78. The Morgan fingerprint density at radius 1 is 0.833 bits per heavy atom. The molecule has 1 aromatic rings. The van der Waals surface area contributed by atoms with Crippen molar-refractivity contribution in [1.29, 1.82) is 0 Å². The molecule has 0 bridgehead atoms. The summed E-state index contributed by atoms with van der Waals surface area (Å²) in [7, 11) is 0. The average Bonchev–Trinajstić information content (AvgIpc) is 2.38. The highest BCUT2D eigenvalue weighted by Crippen LogP contribution is 2.10. The van der Waals surface area contributed by atoms with E-state index in [0.29, 0.717) is 12.8 Å². The van der Waals surface area contributed by atoms with Gasteiger partial charge < -0.3 is 4.79 Å². The van der Waals surface area contributed by atoms with Crippen LogP contribution in [0, 0.1) is 0 Å². The minimum absolute atomic E-state index is 0.235. The summed E-state index contributed by atoms with van der Waals surface area (Å²) in [4.78, 5) is 22.5. The molecule has 0 fully saturated rings. The highest BCUT2D eigenvalue weighted by Gasteiger charge is 2.03. The zero-order valence-electron chi connectivity index (χ0n) is 11.2. The Morgan fingerprint density at radius 2 is 1.39 bits per heavy atom. The first-order chi connectivity index (χ1) is 8.70. The van der Waals surface area contributed by atoms with Gasteiger partial charge in [-0.05, 0) is 19.8 Å². The van der Waals surface area contributed by atoms with E-state index in [0.717, 1.165) is 37.7 Å². The molecule has 0 unspecified atom stereocenters. The molecule has 0 atom stereocenters. The molecule has 0 aromatic heterocycles. The maximum Gasteiger partial charge on any atom is 0.162 e. The van der Waals surface area contributed by atoms with Crippen molar-refractivity contribution in [3.8, 4) is 0 Å². The Kier molecular flexibility index (Phi) is 7.00. The van der Waals surface area contributed by atoms with Crippen LogP contribution in [0.1, 0.15) is 62.2 Å². The van der Waals surface area contributed by atoms with Crippen LogP contribution in [0.15, 0.2) is 30.3 Å². The van der Waals surface area contributed by atoms with Crippen LogP contribution in [-0.4, -0.2) is 11.6 Å². The van der Waals surface area contributed by atoms with Crippen LogP contribution < -0.4 is 0 Å². The second kappa shape index (κ2) is 8.62. The number of rotatable bonds is 9. The number of benzene rings is 1. The molecule has 98 valence electrons. The van der Waals surface area contributed by atoms with Crippen molar-refractivity contribution in [1.82, 2.24) is 0 Å².